The maximum Gasteiger partial charge on any atom is 0.257 e. The maximum atomic E-state index is 12.9. The predicted octanol–water partition coefficient (Wildman–Crippen LogP) is 2.55. The molecule has 3 aliphatic rings. The molecule has 1 saturated heterocycles. The molecule has 1 fully saturated rings. The molecule has 1 atom stereocenters. The Labute approximate surface area is 189 Å². The molecule has 174 valence electrons. The number of carbonyl (C=O) groups excluding carboxylic acids is 2. The molecule has 1 aromatic carbocycles. The fraction of sp³-hybridized carbons (Fsp3) is 0.625. The number of guanidine groups is 1. The van der Waals surface area contributed by atoms with Crippen molar-refractivity contribution in [3.63, 3.8) is 0 Å². The van der Waals surface area contributed by atoms with E-state index in [2.05, 4.69) is 18.8 Å². The Kier molecular flexibility index (Phi) is 6.31. The van der Waals surface area contributed by atoms with E-state index < -0.39 is 5.54 Å². The molecule has 3 heterocycles. The van der Waals surface area contributed by atoms with Gasteiger partial charge in [0.05, 0.1) is 6.42 Å². The minimum Gasteiger partial charge on any atom is -0.454 e. The first-order valence-corrected chi connectivity index (χ1v) is 11.6. The standard InChI is InChI=1S/C24H34N4O4/c1-16(2)14-24(3)22(30)28(23(25)26-24)11-8-17-6-9-27(10-7-17)21(29)13-18-4-5-19-20(12-18)32-15-31-19/h4-5,12,16-17H,6-11,13-15H2,1-3H3,(H2,25,26). The van der Waals surface area contributed by atoms with E-state index in [1.54, 1.807) is 4.90 Å². The van der Waals surface area contributed by atoms with Gasteiger partial charge in [-0.05, 0) is 62.1 Å². The van der Waals surface area contributed by atoms with Gasteiger partial charge in [-0.1, -0.05) is 19.9 Å². The van der Waals surface area contributed by atoms with Gasteiger partial charge in [0.15, 0.2) is 17.5 Å². The number of nitrogens with zero attached hydrogens (tertiary/aromatic N) is 3. The van der Waals surface area contributed by atoms with Crippen LogP contribution in [0, 0.1) is 11.8 Å². The van der Waals surface area contributed by atoms with Crippen LogP contribution in [0.25, 0.3) is 0 Å². The van der Waals surface area contributed by atoms with Gasteiger partial charge in [0.25, 0.3) is 5.91 Å². The summed E-state index contributed by atoms with van der Waals surface area (Å²) in [5, 5.41) is 0. The monoisotopic (exact) mass is 442 g/mol. The Balaban J connectivity index is 1.23. The normalized spacial score (nSPS) is 23.2. The van der Waals surface area contributed by atoms with E-state index in [1.807, 2.05) is 30.0 Å². The second-order valence-corrected chi connectivity index (χ2v) is 9.78. The second kappa shape index (κ2) is 9.00. The molecule has 3 aliphatic heterocycles. The largest absolute Gasteiger partial charge is 0.454 e. The first-order chi connectivity index (χ1) is 15.2. The van der Waals surface area contributed by atoms with E-state index in [0.29, 0.717) is 42.9 Å². The van der Waals surface area contributed by atoms with Crippen molar-refractivity contribution < 1.29 is 19.1 Å². The molecule has 0 bridgehead atoms. The van der Waals surface area contributed by atoms with Crippen molar-refractivity contribution in [1.82, 2.24) is 9.80 Å². The number of hydrogen-bond acceptors (Lipinski definition) is 6. The van der Waals surface area contributed by atoms with Crippen molar-refractivity contribution in [2.24, 2.45) is 22.6 Å². The summed E-state index contributed by atoms with van der Waals surface area (Å²) >= 11 is 0. The Bertz CT molecular complexity index is 907. The molecule has 0 spiro atoms. The molecule has 0 saturated carbocycles. The van der Waals surface area contributed by atoms with Crippen molar-refractivity contribution in [3.8, 4) is 11.5 Å². The summed E-state index contributed by atoms with van der Waals surface area (Å²) in [6, 6.07) is 5.67. The van der Waals surface area contributed by atoms with Crippen LogP contribution in [0.5, 0.6) is 11.5 Å². The summed E-state index contributed by atoms with van der Waals surface area (Å²) in [5.41, 5.74) is 6.30. The molecule has 0 aliphatic carbocycles. The molecule has 32 heavy (non-hydrogen) atoms. The number of aliphatic imine (C=N–C) groups is 1. The average molecular weight is 443 g/mol. The van der Waals surface area contributed by atoms with Gasteiger partial charge in [0.1, 0.15) is 5.54 Å². The number of fused-ring (bicyclic) bond motifs is 1. The maximum absolute atomic E-state index is 12.9. The summed E-state index contributed by atoms with van der Waals surface area (Å²) in [4.78, 5) is 33.7. The summed E-state index contributed by atoms with van der Waals surface area (Å²) in [7, 11) is 0. The van der Waals surface area contributed by atoms with Gasteiger partial charge in [-0.25, -0.2) is 4.99 Å². The topological polar surface area (TPSA) is 97.5 Å². The van der Waals surface area contributed by atoms with Crippen molar-refractivity contribution >= 4 is 17.8 Å². The molecule has 0 aromatic heterocycles. The minimum absolute atomic E-state index is 0.0139. The number of benzene rings is 1. The number of nitrogens with two attached hydrogens (primary N) is 1. The van der Waals surface area contributed by atoms with Crippen LogP contribution in [0.3, 0.4) is 0 Å². The van der Waals surface area contributed by atoms with Crippen LogP contribution in [0.4, 0.5) is 0 Å². The van der Waals surface area contributed by atoms with E-state index in [9.17, 15) is 9.59 Å². The molecular formula is C24H34N4O4. The molecule has 2 N–H and O–H groups in total. The molecular weight excluding hydrogens is 408 g/mol. The fourth-order valence-corrected chi connectivity index (χ4v) is 5.02. The van der Waals surface area contributed by atoms with Crippen LogP contribution >= 0.6 is 0 Å². The highest BCUT2D eigenvalue weighted by Gasteiger charge is 2.44. The third kappa shape index (κ3) is 4.69. The number of amides is 2. The lowest BCUT2D eigenvalue weighted by atomic mass is 9.90. The van der Waals surface area contributed by atoms with Crippen molar-refractivity contribution in [3.05, 3.63) is 23.8 Å². The Hall–Kier alpha value is -2.77. The average Bonchev–Trinajstić information content (AvgIpc) is 3.28. The zero-order valence-electron chi connectivity index (χ0n) is 19.3. The van der Waals surface area contributed by atoms with E-state index in [0.717, 1.165) is 43.7 Å². The minimum atomic E-state index is -0.733. The summed E-state index contributed by atoms with van der Waals surface area (Å²) in [6.45, 7) is 8.39. The summed E-state index contributed by atoms with van der Waals surface area (Å²) in [5.74, 6) is 2.78. The molecule has 2 amide bonds. The Morgan fingerprint density at radius 2 is 1.97 bits per heavy atom. The van der Waals surface area contributed by atoms with E-state index in [1.165, 1.54) is 0 Å². The molecule has 4 rings (SSSR count). The van der Waals surface area contributed by atoms with Gasteiger partial charge in [-0.3, -0.25) is 14.5 Å². The molecule has 1 unspecified atom stereocenters. The van der Waals surface area contributed by atoms with Gasteiger partial charge in [-0.2, -0.15) is 0 Å². The summed E-state index contributed by atoms with van der Waals surface area (Å²) < 4.78 is 10.7. The van der Waals surface area contributed by atoms with Crippen molar-refractivity contribution in [2.45, 2.75) is 58.4 Å². The SMILES string of the molecule is CC(C)CC1(C)N=C(N)N(CCC2CCN(C(=O)Cc3ccc4c(c3)OCO4)CC2)C1=O. The van der Waals surface area contributed by atoms with Gasteiger partial charge in [-0.15, -0.1) is 0 Å². The number of rotatable bonds is 7. The highest BCUT2D eigenvalue weighted by molar-refractivity contribution is 6.06. The van der Waals surface area contributed by atoms with Crippen molar-refractivity contribution in [1.29, 1.82) is 0 Å². The van der Waals surface area contributed by atoms with E-state index >= 15 is 0 Å². The lowest BCUT2D eigenvalue weighted by Gasteiger charge is -2.33. The fourth-order valence-electron chi connectivity index (χ4n) is 5.02. The molecule has 8 nitrogen and oxygen atoms in total. The van der Waals surface area contributed by atoms with Gasteiger partial charge < -0.3 is 20.1 Å². The smallest absolute Gasteiger partial charge is 0.257 e. The Morgan fingerprint density at radius 3 is 2.69 bits per heavy atom. The Morgan fingerprint density at radius 1 is 1.25 bits per heavy atom. The number of ether oxygens (including phenoxy) is 2. The van der Waals surface area contributed by atoms with Crippen LogP contribution in [0.1, 0.15) is 52.0 Å². The highest BCUT2D eigenvalue weighted by atomic mass is 16.7. The van der Waals surface area contributed by atoms with E-state index in [4.69, 9.17) is 15.2 Å². The van der Waals surface area contributed by atoms with E-state index in [-0.39, 0.29) is 18.6 Å². The first-order valence-electron chi connectivity index (χ1n) is 11.6. The van der Waals surface area contributed by atoms with Crippen LogP contribution in [0.2, 0.25) is 0 Å². The van der Waals surface area contributed by atoms with Crippen LogP contribution in [-0.2, 0) is 16.0 Å². The van der Waals surface area contributed by atoms with Crippen LogP contribution < -0.4 is 15.2 Å². The third-order valence-corrected chi connectivity index (χ3v) is 6.67. The third-order valence-electron chi connectivity index (χ3n) is 6.67. The van der Waals surface area contributed by atoms with Gasteiger partial charge >= 0.3 is 0 Å². The number of likely N-dealkylation sites (tertiary alicyclic amines) is 1. The highest BCUT2D eigenvalue weighted by Crippen LogP contribution is 2.33. The predicted molar refractivity (Wildman–Crippen MR) is 121 cm³/mol. The first kappa shape index (κ1) is 22.4. The summed E-state index contributed by atoms with van der Waals surface area (Å²) in [6.07, 6.45) is 3.83. The molecule has 1 aromatic rings. The van der Waals surface area contributed by atoms with Crippen molar-refractivity contribution in [2.75, 3.05) is 26.4 Å². The lowest BCUT2D eigenvalue weighted by Crippen LogP contribution is -2.45. The van der Waals surface area contributed by atoms with Gasteiger partial charge in [0, 0.05) is 19.6 Å². The molecule has 0 radical (unpaired) electrons. The van der Waals surface area contributed by atoms with Crippen LogP contribution in [0.15, 0.2) is 23.2 Å². The lowest BCUT2D eigenvalue weighted by molar-refractivity contribution is -0.131. The number of carbonyl (C=O) groups is 2. The second-order valence-electron chi connectivity index (χ2n) is 9.78. The zero-order chi connectivity index (χ0) is 22.9. The molecule has 8 heteroatoms. The number of piperidine rings is 1. The van der Waals surface area contributed by atoms with Crippen LogP contribution in [-0.4, -0.2) is 59.5 Å². The van der Waals surface area contributed by atoms with Gasteiger partial charge in [0.2, 0.25) is 12.7 Å². The zero-order valence-corrected chi connectivity index (χ0v) is 19.3. The number of hydrogen-bond donors (Lipinski definition) is 1. The quantitative estimate of drug-likeness (QED) is 0.700.